The topological polar surface area (TPSA) is 45.7 Å². The molecule has 170 valence electrons. The number of hydrogen-bond acceptors (Lipinski definition) is 4. The minimum atomic E-state index is -0.335. The number of hydrogen-bond donors (Lipinski definition) is 0. The van der Waals surface area contributed by atoms with Crippen molar-refractivity contribution >= 4 is 35.9 Å². The van der Waals surface area contributed by atoms with Gasteiger partial charge in [-0.1, -0.05) is 14.0 Å². The molecule has 1 aliphatic heterocycles. The number of anilines is 1. The Morgan fingerprint density at radius 1 is 0.970 bits per heavy atom. The number of carbonyl (C=O) groups is 1. The van der Waals surface area contributed by atoms with Crippen LogP contribution in [0.3, 0.4) is 0 Å². The second-order valence-corrected chi connectivity index (χ2v) is 11.1. The maximum atomic E-state index is 11.9. The first kappa shape index (κ1) is 23.0. The monoisotopic (exact) mass is 461 g/mol. The number of carbonyl (C=O) groups excluding carboxylic acids is 1. The molecule has 2 aromatic carbocycles. The van der Waals surface area contributed by atoms with Crippen LogP contribution in [0, 0.1) is 0 Å². The Hall–Kier alpha value is -3.17. The smallest absolute Gasteiger partial charge is 0.308 e. The fraction of sp³-hybridized carbons (Fsp3) is 0.259. The van der Waals surface area contributed by atoms with E-state index in [0.29, 0.717) is 5.75 Å². The molecular weight excluding hydrogens is 431 g/mol. The third-order valence-corrected chi connectivity index (χ3v) is 7.04. The molecule has 0 N–H and O–H groups in total. The molecule has 0 amide bonds. The summed E-state index contributed by atoms with van der Waals surface area (Å²) in [6.07, 6.45) is 0. The summed E-state index contributed by atoms with van der Waals surface area (Å²) in [6, 6.07) is 18.6. The van der Waals surface area contributed by atoms with Crippen molar-refractivity contribution < 1.29 is 13.9 Å². The van der Waals surface area contributed by atoms with Crippen LogP contribution < -0.4 is 24.9 Å². The highest BCUT2D eigenvalue weighted by Gasteiger charge is 2.22. The molecule has 5 nitrogen and oxygen atoms in total. The van der Waals surface area contributed by atoms with E-state index in [1.807, 2.05) is 34.3 Å². The minimum Gasteiger partial charge on any atom is -0.456 e. The predicted octanol–water partition coefficient (Wildman–Crippen LogP) is 4.59. The lowest BCUT2D eigenvalue weighted by Crippen LogP contribution is -2.21. The molecule has 1 aliphatic carbocycles. The van der Waals surface area contributed by atoms with Gasteiger partial charge in [0, 0.05) is 60.9 Å². The highest BCUT2D eigenvalue weighted by Crippen LogP contribution is 2.44. The number of esters is 1. The number of ether oxygens (including phenoxy) is 1. The van der Waals surface area contributed by atoms with Crippen LogP contribution in [-0.4, -0.2) is 47.5 Å². The van der Waals surface area contributed by atoms with Gasteiger partial charge in [-0.3, -0.25) is 4.79 Å². The first-order valence-corrected chi connectivity index (χ1v) is 13.1. The molecule has 0 saturated carbocycles. The van der Waals surface area contributed by atoms with Crippen molar-refractivity contribution in [1.82, 2.24) is 4.58 Å². The van der Waals surface area contributed by atoms with Gasteiger partial charge in [-0.25, -0.2) is 4.58 Å². The number of benzene rings is 3. The van der Waals surface area contributed by atoms with E-state index in [9.17, 15) is 4.79 Å². The maximum absolute atomic E-state index is 11.9. The molecule has 2 aliphatic rings. The Morgan fingerprint density at radius 2 is 1.73 bits per heavy atom. The van der Waals surface area contributed by atoms with Gasteiger partial charge in [0.1, 0.15) is 31.2 Å². The van der Waals surface area contributed by atoms with Gasteiger partial charge in [0.15, 0.2) is 0 Å². The summed E-state index contributed by atoms with van der Waals surface area (Å²) >= 11 is 0. The van der Waals surface area contributed by atoms with Gasteiger partial charge in [-0.15, -0.1) is 0 Å². The Morgan fingerprint density at radius 3 is 2.36 bits per heavy atom. The Labute approximate surface area is 196 Å². The maximum Gasteiger partial charge on any atom is 0.308 e. The first-order chi connectivity index (χ1) is 15.7. The van der Waals surface area contributed by atoms with Crippen molar-refractivity contribution in [3.05, 3.63) is 60.0 Å². The van der Waals surface area contributed by atoms with Gasteiger partial charge in [0.2, 0.25) is 5.36 Å². The van der Waals surface area contributed by atoms with Crippen molar-refractivity contribution in [3.8, 4) is 28.2 Å². The van der Waals surface area contributed by atoms with E-state index in [1.165, 1.54) is 12.2 Å². The molecule has 0 saturated heterocycles. The molecule has 6 heteroatoms. The Bertz CT molecular complexity index is 1400. The van der Waals surface area contributed by atoms with Gasteiger partial charge >= 0.3 is 5.97 Å². The zero-order valence-corrected chi connectivity index (χ0v) is 21.2. The second-order valence-electron chi connectivity index (χ2n) is 8.80. The Kier molecular flexibility index (Phi) is 6.27. The minimum absolute atomic E-state index is 0.326. The molecule has 0 atom stereocenters. The molecule has 0 unspecified atom stereocenters. The van der Waals surface area contributed by atoms with Crippen LogP contribution in [0.15, 0.2) is 59.0 Å². The van der Waals surface area contributed by atoms with E-state index in [4.69, 9.17) is 9.15 Å². The van der Waals surface area contributed by atoms with Crippen LogP contribution in [0.1, 0.15) is 6.92 Å². The van der Waals surface area contributed by atoms with E-state index < -0.39 is 0 Å². The summed E-state index contributed by atoms with van der Waals surface area (Å²) in [5.74, 6) is 1.01. The number of nitrogens with zero attached hydrogens (tertiary/aromatic N) is 2. The van der Waals surface area contributed by atoms with Crippen LogP contribution >= 0.6 is 7.92 Å². The van der Waals surface area contributed by atoms with Crippen LogP contribution in [0.2, 0.25) is 0 Å². The van der Waals surface area contributed by atoms with Crippen LogP contribution in [0.4, 0.5) is 5.69 Å². The summed E-state index contributed by atoms with van der Waals surface area (Å²) in [5.41, 5.74) is 4.73. The van der Waals surface area contributed by atoms with Crippen molar-refractivity contribution in [2.45, 2.75) is 6.92 Å². The Balaban J connectivity index is 2.16. The fourth-order valence-electron chi connectivity index (χ4n) is 3.95. The fourth-order valence-corrected chi connectivity index (χ4v) is 4.71. The molecule has 0 spiro atoms. The summed E-state index contributed by atoms with van der Waals surface area (Å²) in [6.45, 7) is 5.89. The van der Waals surface area contributed by atoms with Crippen molar-refractivity contribution in [2.24, 2.45) is 0 Å². The first-order valence-electron chi connectivity index (χ1n) is 10.8. The van der Waals surface area contributed by atoms with E-state index in [1.54, 1.807) is 0 Å². The van der Waals surface area contributed by atoms with Crippen molar-refractivity contribution in [2.75, 3.05) is 46.4 Å². The molecule has 0 radical (unpaired) electrons. The summed E-state index contributed by atoms with van der Waals surface area (Å²) in [4.78, 5) is 14.0. The molecule has 0 bridgehead atoms. The molecule has 1 heterocycles. The predicted molar refractivity (Wildman–Crippen MR) is 139 cm³/mol. The van der Waals surface area contributed by atoms with Crippen molar-refractivity contribution in [1.29, 1.82) is 0 Å². The average molecular weight is 462 g/mol. The highest BCUT2D eigenvalue weighted by molar-refractivity contribution is 7.64. The van der Waals surface area contributed by atoms with E-state index in [0.717, 1.165) is 44.5 Å². The van der Waals surface area contributed by atoms with Gasteiger partial charge in [-0.2, -0.15) is 0 Å². The second kappa shape index (κ2) is 8.99. The lowest BCUT2D eigenvalue weighted by atomic mass is 9.93. The zero-order chi connectivity index (χ0) is 23.9. The van der Waals surface area contributed by atoms with E-state index in [-0.39, 0.29) is 13.9 Å². The molecular formula is C27H30N2O3P+. The molecule has 0 fully saturated rings. The lowest BCUT2D eigenvalue weighted by molar-refractivity contribution is -0.131. The molecule has 4 rings (SSSR count). The quantitative estimate of drug-likeness (QED) is 0.147. The lowest BCUT2D eigenvalue weighted by Gasteiger charge is -2.20. The summed E-state index contributed by atoms with van der Waals surface area (Å²) in [7, 11) is 7.73. The van der Waals surface area contributed by atoms with Crippen LogP contribution in [-0.2, 0) is 4.79 Å². The van der Waals surface area contributed by atoms with Gasteiger partial charge < -0.3 is 14.1 Å². The number of rotatable bonds is 4. The van der Waals surface area contributed by atoms with E-state index in [2.05, 4.69) is 71.3 Å². The number of fused-ring (bicyclic) bond motifs is 2. The van der Waals surface area contributed by atoms with Gasteiger partial charge in [0.25, 0.3) is 0 Å². The molecule has 33 heavy (non-hydrogen) atoms. The average Bonchev–Trinajstić information content (AvgIpc) is 2.76. The summed E-state index contributed by atoms with van der Waals surface area (Å²) in [5, 5.41) is 3.28. The standard InChI is InChI=1S/C27H30N2O3P/c1-17(30)31-24-13-10-20(33(6)7)16-23(24)27-21-11-8-18(28(2)3)14-25(21)32-26-15-19(29(4)5)9-12-22(26)27/h8-16H,1-7H3/q+1. The van der Waals surface area contributed by atoms with Crippen molar-refractivity contribution in [3.63, 3.8) is 0 Å². The van der Waals surface area contributed by atoms with Crippen LogP contribution in [0.25, 0.3) is 33.4 Å². The zero-order valence-electron chi connectivity index (χ0n) is 20.3. The normalized spacial score (nSPS) is 11.3. The summed E-state index contributed by atoms with van der Waals surface area (Å²) < 4.78 is 14.2. The highest BCUT2D eigenvalue weighted by atomic mass is 31.1. The van der Waals surface area contributed by atoms with Crippen LogP contribution in [0.5, 0.6) is 5.75 Å². The van der Waals surface area contributed by atoms with Gasteiger partial charge in [0.05, 0.1) is 6.07 Å². The third kappa shape index (κ3) is 4.51. The SMILES string of the molecule is CC(=O)Oc1ccc(P(C)C)cc1-c1c2ccc(=[N+](C)C)cc-2oc2cc(N(C)C)ccc12. The van der Waals surface area contributed by atoms with E-state index >= 15 is 0 Å². The largest absolute Gasteiger partial charge is 0.456 e. The molecule has 2 aromatic rings. The molecule has 0 aromatic heterocycles. The third-order valence-electron chi connectivity index (χ3n) is 5.72. The van der Waals surface area contributed by atoms with Gasteiger partial charge in [-0.05, 0) is 49.0 Å².